The van der Waals surface area contributed by atoms with Crippen molar-refractivity contribution >= 4 is 22.8 Å². The van der Waals surface area contributed by atoms with Crippen LogP contribution < -0.4 is 10.1 Å². The van der Waals surface area contributed by atoms with Crippen molar-refractivity contribution in [1.29, 1.82) is 0 Å². The summed E-state index contributed by atoms with van der Waals surface area (Å²) in [5.41, 5.74) is 1.88. The van der Waals surface area contributed by atoms with E-state index in [-0.39, 0.29) is 36.5 Å². The Labute approximate surface area is 227 Å². The van der Waals surface area contributed by atoms with E-state index in [9.17, 15) is 31.5 Å². The maximum atomic E-state index is 13.4. The number of halogens is 5. The Kier molecular flexibility index (Phi) is 8.32. The molecule has 0 radical (unpaired) electrons. The third-order valence-electron chi connectivity index (χ3n) is 6.50. The number of furan rings is 1. The summed E-state index contributed by atoms with van der Waals surface area (Å²) >= 11 is 0. The lowest BCUT2D eigenvalue weighted by Gasteiger charge is -2.31. The SMILES string of the molecule is CC=C(C)C=CC(=O)NCc1cc2cc(-c3ccc(C(=O)N4CCC(F)(F)CC4)cc3)cc(OC(F)(F)F)c2o1. The maximum Gasteiger partial charge on any atom is 0.573 e. The van der Waals surface area contributed by atoms with E-state index in [0.29, 0.717) is 16.5 Å². The van der Waals surface area contributed by atoms with Gasteiger partial charge in [-0.05, 0) is 55.3 Å². The number of amides is 2. The van der Waals surface area contributed by atoms with Crippen LogP contribution >= 0.6 is 0 Å². The van der Waals surface area contributed by atoms with Crippen molar-refractivity contribution in [2.45, 2.75) is 45.5 Å². The van der Waals surface area contributed by atoms with Crippen LogP contribution in [0, 0.1) is 0 Å². The van der Waals surface area contributed by atoms with Gasteiger partial charge in [0.25, 0.3) is 11.8 Å². The smallest absolute Gasteiger partial charge is 0.455 e. The molecule has 3 aromatic rings. The molecule has 0 atom stereocenters. The molecule has 0 saturated carbocycles. The molecule has 1 N–H and O–H groups in total. The number of carbonyl (C=O) groups is 2. The molecule has 1 fully saturated rings. The minimum atomic E-state index is -4.98. The van der Waals surface area contributed by atoms with Crippen molar-refractivity contribution in [1.82, 2.24) is 10.2 Å². The van der Waals surface area contributed by atoms with E-state index in [2.05, 4.69) is 10.1 Å². The summed E-state index contributed by atoms with van der Waals surface area (Å²) in [6.45, 7) is 3.48. The average molecular weight is 563 g/mol. The second-order valence-corrected chi connectivity index (χ2v) is 9.46. The average Bonchev–Trinajstić information content (AvgIpc) is 3.33. The molecular weight excluding hydrogens is 535 g/mol. The van der Waals surface area contributed by atoms with Gasteiger partial charge < -0.3 is 19.4 Å². The van der Waals surface area contributed by atoms with Gasteiger partial charge in [0, 0.05) is 43.0 Å². The summed E-state index contributed by atoms with van der Waals surface area (Å²) in [7, 11) is 0. The number of hydrogen-bond acceptors (Lipinski definition) is 4. The molecule has 4 rings (SSSR count). The topological polar surface area (TPSA) is 71.8 Å². The molecule has 6 nitrogen and oxygen atoms in total. The van der Waals surface area contributed by atoms with Gasteiger partial charge in [-0.3, -0.25) is 9.59 Å². The molecule has 2 amide bonds. The first kappa shape index (κ1) is 28.8. The number of nitrogens with one attached hydrogen (secondary N) is 1. The number of alkyl halides is 5. The fraction of sp³-hybridized carbons (Fsp3) is 0.310. The highest BCUT2D eigenvalue weighted by molar-refractivity contribution is 5.95. The number of piperidine rings is 1. The third-order valence-corrected chi connectivity index (χ3v) is 6.50. The van der Waals surface area contributed by atoms with Crippen LogP contribution in [0.3, 0.4) is 0 Å². The van der Waals surface area contributed by atoms with E-state index in [0.717, 1.165) is 5.57 Å². The highest BCUT2D eigenvalue weighted by Gasteiger charge is 2.36. The van der Waals surface area contributed by atoms with Gasteiger partial charge in [0.05, 0.1) is 6.54 Å². The van der Waals surface area contributed by atoms with Crippen molar-refractivity contribution in [2.24, 2.45) is 0 Å². The van der Waals surface area contributed by atoms with Crippen LogP contribution in [0.2, 0.25) is 0 Å². The molecule has 0 spiro atoms. The molecule has 0 unspecified atom stereocenters. The predicted molar refractivity (Wildman–Crippen MR) is 139 cm³/mol. The van der Waals surface area contributed by atoms with Crippen LogP contribution in [0.1, 0.15) is 42.8 Å². The number of ether oxygens (including phenoxy) is 1. The fourth-order valence-electron chi connectivity index (χ4n) is 4.19. The number of nitrogens with zero attached hydrogens (tertiary/aromatic N) is 1. The van der Waals surface area contributed by atoms with Crippen LogP contribution in [-0.2, 0) is 11.3 Å². The summed E-state index contributed by atoms with van der Waals surface area (Å²) in [6, 6.07) is 10.4. The molecule has 40 heavy (non-hydrogen) atoms. The van der Waals surface area contributed by atoms with Crippen molar-refractivity contribution in [3.63, 3.8) is 0 Å². The van der Waals surface area contributed by atoms with E-state index >= 15 is 0 Å². The lowest BCUT2D eigenvalue weighted by Crippen LogP contribution is -2.42. The quantitative estimate of drug-likeness (QED) is 0.191. The highest BCUT2D eigenvalue weighted by atomic mass is 19.4. The Balaban J connectivity index is 1.57. The molecule has 212 valence electrons. The number of benzene rings is 2. The Hall–Kier alpha value is -4.15. The number of hydrogen-bond donors (Lipinski definition) is 1. The van der Waals surface area contributed by atoms with Gasteiger partial charge in [-0.2, -0.15) is 0 Å². The second kappa shape index (κ2) is 11.5. The van der Waals surface area contributed by atoms with E-state index < -0.39 is 42.7 Å². The standard InChI is InChI=1S/C29H27F5N2O4/c1-3-18(2)4-9-25(37)35-17-23-15-22-14-21(16-24(26(22)39-23)40-29(32,33)34)19-5-7-20(8-6-19)27(38)36-12-10-28(30,31)11-13-36/h3-9,14-16H,10-13,17H2,1-2H3,(H,35,37). The number of fused-ring (bicyclic) bond motifs is 1. The Morgan fingerprint density at radius 2 is 1.73 bits per heavy atom. The van der Waals surface area contributed by atoms with E-state index in [4.69, 9.17) is 4.42 Å². The monoisotopic (exact) mass is 562 g/mol. The van der Waals surface area contributed by atoms with Gasteiger partial charge in [-0.1, -0.05) is 29.9 Å². The number of rotatable bonds is 7. The molecule has 2 aromatic carbocycles. The van der Waals surface area contributed by atoms with Gasteiger partial charge in [-0.25, -0.2) is 8.78 Å². The first-order valence-corrected chi connectivity index (χ1v) is 12.5. The van der Waals surface area contributed by atoms with E-state index in [1.165, 1.54) is 35.2 Å². The molecule has 1 aliphatic heterocycles. The molecule has 0 aliphatic carbocycles. The van der Waals surface area contributed by atoms with Gasteiger partial charge in [0.2, 0.25) is 5.91 Å². The molecule has 11 heteroatoms. The van der Waals surface area contributed by atoms with Crippen molar-refractivity contribution in [3.05, 3.63) is 77.6 Å². The van der Waals surface area contributed by atoms with Crippen LogP contribution in [0.4, 0.5) is 22.0 Å². The molecular formula is C29H27F5N2O4. The largest absolute Gasteiger partial charge is 0.573 e. The predicted octanol–water partition coefficient (Wildman–Crippen LogP) is 7.01. The Bertz CT molecular complexity index is 1450. The van der Waals surface area contributed by atoms with Gasteiger partial charge in [0.1, 0.15) is 5.76 Å². The zero-order valence-electron chi connectivity index (χ0n) is 21.8. The molecule has 0 bridgehead atoms. The molecule has 1 aliphatic rings. The number of carbonyl (C=O) groups excluding carboxylic acids is 2. The van der Waals surface area contributed by atoms with Crippen molar-refractivity contribution in [2.75, 3.05) is 13.1 Å². The lowest BCUT2D eigenvalue weighted by molar-refractivity contribution is -0.274. The highest BCUT2D eigenvalue weighted by Crippen LogP contribution is 2.37. The molecule has 1 saturated heterocycles. The van der Waals surface area contributed by atoms with Crippen LogP contribution in [0.5, 0.6) is 5.75 Å². The van der Waals surface area contributed by atoms with Crippen LogP contribution in [0.15, 0.2) is 70.7 Å². The van der Waals surface area contributed by atoms with E-state index in [1.807, 2.05) is 19.9 Å². The normalized spacial score (nSPS) is 16.0. The van der Waals surface area contributed by atoms with E-state index in [1.54, 1.807) is 24.3 Å². The Morgan fingerprint density at radius 1 is 1.05 bits per heavy atom. The summed E-state index contributed by atoms with van der Waals surface area (Å²) in [6.07, 6.45) is -0.998. The summed E-state index contributed by atoms with van der Waals surface area (Å²) in [4.78, 5) is 26.1. The van der Waals surface area contributed by atoms with Crippen LogP contribution in [0.25, 0.3) is 22.1 Å². The van der Waals surface area contributed by atoms with Gasteiger partial charge in [0.15, 0.2) is 11.3 Å². The zero-order valence-corrected chi connectivity index (χ0v) is 21.8. The number of likely N-dealkylation sites (tertiary alicyclic amines) is 1. The first-order chi connectivity index (χ1) is 18.8. The second-order valence-electron chi connectivity index (χ2n) is 9.46. The summed E-state index contributed by atoms with van der Waals surface area (Å²) < 4.78 is 76.2. The zero-order chi connectivity index (χ0) is 29.1. The van der Waals surface area contributed by atoms with Crippen molar-refractivity contribution < 1.29 is 40.7 Å². The number of allylic oxidation sites excluding steroid dienone is 3. The van der Waals surface area contributed by atoms with Gasteiger partial charge in [-0.15, -0.1) is 13.2 Å². The molecule has 1 aromatic heterocycles. The van der Waals surface area contributed by atoms with Crippen molar-refractivity contribution in [3.8, 4) is 16.9 Å². The summed E-state index contributed by atoms with van der Waals surface area (Å²) in [5, 5.41) is 2.93. The fourth-order valence-corrected chi connectivity index (χ4v) is 4.19. The van der Waals surface area contributed by atoms with Crippen LogP contribution in [-0.4, -0.2) is 42.1 Å². The minimum Gasteiger partial charge on any atom is -0.455 e. The Morgan fingerprint density at radius 3 is 2.35 bits per heavy atom. The minimum absolute atomic E-state index is 0.0581. The van der Waals surface area contributed by atoms with Gasteiger partial charge >= 0.3 is 6.36 Å². The molecule has 2 heterocycles. The summed E-state index contributed by atoms with van der Waals surface area (Å²) in [5.74, 6) is -3.92. The maximum absolute atomic E-state index is 13.4. The third kappa shape index (κ3) is 7.28. The lowest BCUT2D eigenvalue weighted by atomic mass is 10.0. The first-order valence-electron chi connectivity index (χ1n) is 12.5.